The molecule has 0 aromatic heterocycles. The van der Waals surface area contributed by atoms with Gasteiger partial charge in [-0.25, -0.2) is 0 Å². The predicted molar refractivity (Wildman–Crippen MR) is 66.5 cm³/mol. The fourth-order valence-electron chi connectivity index (χ4n) is 1.81. The molecule has 1 fully saturated rings. The normalized spacial score (nSPS) is 14.5. The van der Waals surface area contributed by atoms with Crippen LogP contribution in [0.1, 0.15) is 19.3 Å². The quantitative estimate of drug-likeness (QED) is 0.817. The predicted octanol–water partition coefficient (Wildman–Crippen LogP) is 2.80. The zero-order valence-electron chi connectivity index (χ0n) is 8.99. The molecule has 0 atom stereocenters. The molecule has 0 amide bonds. The van der Waals surface area contributed by atoms with Crippen LogP contribution in [0.5, 0.6) is 0 Å². The average molecular weight is 236 g/mol. The molecule has 0 aliphatic heterocycles. The second-order valence-corrected chi connectivity index (χ2v) is 4.45. The van der Waals surface area contributed by atoms with Crippen LogP contribution >= 0.6 is 11.6 Å². The number of benzene rings is 1. The zero-order chi connectivity index (χ0) is 11.5. The third kappa shape index (κ3) is 2.40. The van der Waals surface area contributed by atoms with Gasteiger partial charge in [0.05, 0.1) is 23.2 Å². The molecule has 84 valence electrons. The van der Waals surface area contributed by atoms with E-state index >= 15 is 0 Å². The maximum Gasteiger partial charge on any atom is 0.0660 e. The number of anilines is 2. The summed E-state index contributed by atoms with van der Waals surface area (Å²) < 4.78 is 0. The summed E-state index contributed by atoms with van der Waals surface area (Å²) in [6, 6.07) is 8.27. The summed E-state index contributed by atoms with van der Waals surface area (Å²) in [5.74, 6) is 0. The van der Waals surface area contributed by atoms with Crippen molar-refractivity contribution in [1.82, 2.24) is 0 Å². The lowest BCUT2D eigenvalue weighted by atomic mass is 10.2. The molecular weight excluding hydrogens is 222 g/mol. The molecule has 0 spiro atoms. The highest BCUT2D eigenvalue weighted by Crippen LogP contribution is 2.36. The third-order valence-electron chi connectivity index (χ3n) is 2.73. The van der Waals surface area contributed by atoms with E-state index in [2.05, 4.69) is 11.0 Å². The molecule has 3 nitrogen and oxygen atoms in total. The Morgan fingerprint density at radius 3 is 2.81 bits per heavy atom. The van der Waals surface area contributed by atoms with E-state index < -0.39 is 0 Å². The van der Waals surface area contributed by atoms with Crippen molar-refractivity contribution in [2.45, 2.75) is 25.3 Å². The Morgan fingerprint density at radius 2 is 2.25 bits per heavy atom. The lowest BCUT2D eigenvalue weighted by Gasteiger charge is -2.24. The summed E-state index contributed by atoms with van der Waals surface area (Å²) in [5.41, 5.74) is 7.33. The van der Waals surface area contributed by atoms with Crippen molar-refractivity contribution in [2.24, 2.45) is 0 Å². The summed E-state index contributed by atoms with van der Waals surface area (Å²) in [4.78, 5) is 2.21. The first-order valence-corrected chi connectivity index (χ1v) is 5.79. The van der Waals surface area contributed by atoms with Gasteiger partial charge in [-0.05, 0) is 31.0 Å². The Balaban J connectivity index is 2.21. The van der Waals surface area contributed by atoms with Crippen molar-refractivity contribution in [2.75, 3.05) is 17.2 Å². The number of nitriles is 1. The maximum atomic E-state index is 8.65. The number of rotatable bonds is 4. The number of hydrogen-bond donors (Lipinski definition) is 1. The molecule has 0 heterocycles. The topological polar surface area (TPSA) is 53.0 Å². The number of nitrogen functional groups attached to an aromatic ring is 1. The van der Waals surface area contributed by atoms with Crippen molar-refractivity contribution in [1.29, 1.82) is 5.26 Å². The fraction of sp³-hybridized carbons (Fsp3) is 0.417. The van der Waals surface area contributed by atoms with Gasteiger partial charge in [-0.1, -0.05) is 11.6 Å². The molecular formula is C12H14ClN3. The van der Waals surface area contributed by atoms with Gasteiger partial charge < -0.3 is 10.6 Å². The van der Waals surface area contributed by atoms with Gasteiger partial charge in [0.1, 0.15) is 0 Å². The van der Waals surface area contributed by atoms with Crippen LogP contribution in [-0.2, 0) is 0 Å². The molecule has 1 aromatic rings. The number of nitrogens with zero attached hydrogens (tertiary/aromatic N) is 2. The minimum absolute atomic E-state index is 0.525. The molecule has 16 heavy (non-hydrogen) atoms. The van der Waals surface area contributed by atoms with Crippen LogP contribution in [0.3, 0.4) is 0 Å². The molecule has 4 heteroatoms. The highest BCUT2D eigenvalue weighted by atomic mass is 35.5. The first-order valence-electron chi connectivity index (χ1n) is 5.41. The van der Waals surface area contributed by atoms with Crippen LogP contribution in [0.15, 0.2) is 18.2 Å². The maximum absolute atomic E-state index is 8.65. The van der Waals surface area contributed by atoms with E-state index in [4.69, 9.17) is 22.6 Å². The monoisotopic (exact) mass is 235 g/mol. The van der Waals surface area contributed by atoms with Gasteiger partial charge >= 0.3 is 0 Å². The van der Waals surface area contributed by atoms with E-state index in [1.54, 1.807) is 6.07 Å². The number of nitrogens with two attached hydrogens (primary N) is 1. The van der Waals surface area contributed by atoms with E-state index in [0.717, 1.165) is 12.2 Å². The van der Waals surface area contributed by atoms with Crippen molar-refractivity contribution in [3.05, 3.63) is 23.2 Å². The highest BCUT2D eigenvalue weighted by Gasteiger charge is 2.29. The SMILES string of the molecule is N#CCCN(c1ccc(N)cc1Cl)C1CC1. The second-order valence-electron chi connectivity index (χ2n) is 4.04. The Hall–Kier alpha value is -1.40. The summed E-state index contributed by atoms with van der Waals surface area (Å²) >= 11 is 6.17. The van der Waals surface area contributed by atoms with Crippen molar-refractivity contribution in [3.63, 3.8) is 0 Å². The summed E-state index contributed by atoms with van der Waals surface area (Å²) in [5, 5.41) is 9.32. The summed E-state index contributed by atoms with van der Waals surface area (Å²) in [6.45, 7) is 0.741. The molecule has 0 saturated heterocycles. The van der Waals surface area contributed by atoms with Crippen LogP contribution in [-0.4, -0.2) is 12.6 Å². The number of hydrogen-bond acceptors (Lipinski definition) is 3. The van der Waals surface area contributed by atoms with Crippen LogP contribution in [0, 0.1) is 11.3 Å². The van der Waals surface area contributed by atoms with Gasteiger partial charge in [0.25, 0.3) is 0 Å². The van der Waals surface area contributed by atoms with Gasteiger partial charge in [-0.15, -0.1) is 0 Å². The van der Waals surface area contributed by atoms with Gasteiger partial charge in [-0.2, -0.15) is 5.26 Å². The highest BCUT2D eigenvalue weighted by molar-refractivity contribution is 6.33. The van der Waals surface area contributed by atoms with Crippen molar-refractivity contribution < 1.29 is 0 Å². The van der Waals surface area contributed by atoms with E-state index in [9.17, 15) is 0 Å². The van der Waals surface area contributed by atoms with E-state index in [1.165, 1.54) is 12.8 Å². The van der Waals surface area contributed by atoms with Gasteiger partial charge in [0, 0.05) is 18.3 Å². The molecule has 1 aromatic carbocycles. The lowest BCUT2D eigenvalue weighted by molar-refractivity contribution is 0.793. The van der Waals surface area contributed by atoms with Gasteiger partial charge in [0.15, 0.2) is 0 Å². The molecule has 0 radical (unpaired) electrons. The van der Waals surface area contributed by atoms with Crippen LogP contribution < -0.4 is 10.6 Å². The molecule has 0 unspecified atom stereocenters. The molecule has 1 saturated carbocycles. The fourth-order valence-corrected chi connectivity index (χ4v) is 2.11. The van der Waals surface area contributed by atoms with E-state index in [0.29, 0.717) is 23.2 Å². The Bertz CT molecular complexity index is 421. The second kappa shape index (κ2) is 4.63. The van der Waals surface area contributed by atoms with Gasteiger partial charge in [0.2, 0.25) is 0 Å². The average Bonchev–Trinajstić information content (AvgIpc) is 3.05. The first kappa shape index (κ1) is 11.1. The third-order valence-corrected chi connectivity index (χ3v) is 3.04. The van der Waals surface area contributed by atoms with Crippen LogP contribution in [0.2, 0.25) is 5.02 Å². The van der Waals surface area contributed by atoms with Gasteiger partial charge in [-0.3, -0.25) is 0 Å². The molecule has 2 rings (SSSR count). The summed E-state index contributed by atoms with van der Waals surface area (Å²) in [6.07, 6.45) is 2.90. The van der Waals surface area contributed by atoms with E-state index in [-0.39, 0.29) is 0 Å². The summed E-state index contributed by atoms with van der Waals surface area (Å²) in [7, 11) is 0. The standard InChI is InChI=1S/C12H14ClN3/c13-11-8-9(15)2-5-12(11)16(7-1-6-14)10-3-4-10/h2,5,8,10H,1,3-4,7,15H2. The Kier molecular flexibility index (Phi) is 3.21. The molecule has 1 aliphatic carbocycles. The van der Waals surface area contributed by atoms with Crippen LogP contribution in [0.4, 0.5) is 11.4 Å². The lowest BCUT2D eigenvalue weighted by Crippen LogP contribution is -2.26. The van der Waals surface area contributed by atoms with Crippen molar-refractivity contribution >= 4 is 23.0 Å². The van der Waals surface area contributed by atoms with Crippen LogP contribution in [0.25, 0.3) is 0 Å². The smallest absolute Gasteiger partial charge is 0.0660 e. The zero-order valence-corrected chi connectivity index (χ0v) is 9.74. The Labute approximate surface area is 100 Å². The minimum Gasteiger partial charge on any atom is -0.399 e. The largest absolute Gasteiger partial charge is 0.399 e. The van der Waals surface area contributed by atoms with E-state index in [1.807, 2.05) is 12.1 Å². The Morgan fingerprint density at radius 1 is 1.50 bits per heavy atom. The van der Waals surface area contributed by atoms with Crippen molar-refractivity contribution in [3.8, 4) is 6.07 Å². The molecule has 1 aliphatic rings. The first-order chi connectivity index (χ1) is 7.72. The molecule has 0 bridgehead atoms. The minimum atomic E-state index is 0.525. The number of halogens is 1. The molecule has 2 N–H and O–H groups in total.